The minimum atomic E-state index is -0.473. The number of hydrogen-bond donors (Lipinski definition) is 1. The third-order valence-electron chi connectivity index (χ3n) is 4.27. The van der Waals surface area contributed by atoms with Gasteiger partial charge in [0.05, 0.1) is 6.61 Å². The molecule has 0 aliphatic carbocycles. The average Bonchev–Trinajstić information content (AvgIpc) is 3.07. The van der Waals surface area contributed by atoms with Gasteiger partial charge in [0.2, 0.25) is 11.8 Å². The van der Waals surface area contributed by atoms with Crippen LogP contribution < -0.4 is 5.32 Å². The maximum absolute atomic E-state index is 12.4. The van der Waals surface area contributed by atoms with Gasteiger partial charge >= 0.3 is 5.97 Å². The lowest BCUT2D eigenvalue weighted by Crippen LogP contribution is -2.27. The molecule has 0 spiro atoms. The van der Waals surface area contributed by atoms with Gasteiger partial charge in [0, 0.05) is 28.0 Å². The molecule has 0 aliphatic heterocycles. The van der Waals surface area contributed by atoms with Crippen LogP contribution in [0.2, 0.25) is 0 Å². The number of thioether (sulfide) groups is 1. The second-order valence-corrected chi connectivity index (χ2v) is 11.2. The SMILES string of the molecule is CCOC(=O)Cc1nc(Cc2ccc(NC(=O)C(C)(C)C)cc2CSC(C)(C)C)no1. The van der Waals surface area contributed by atoms with Crippen molar-refractivity contribution >= 4 is 29.3 Å². The van der Waals surface area contributed by atoms with Crippen LogP contribution in [-0.4, -0.2) is 33.4 Å². The summed E-state index contributed by atoms with van der Waals surface area (Å²) in [6.07, 6.45) is 0.436. The summed E-state index contributed by atoms with van der Waals surface area (Å²) in [5.41, 5.74) is 2.44. The molecule has 0 saturated carbocycles. The van der Waals surface area contributed by atoms with Gasteiger partial charge < -0.3 is 14.6 Å². The lowest BCUT2D eigenvalue weighted by molar-refractivity contribution is -0.142. The van der Waals surface area contributed by atoms with E-state index in [-0.39, 0.29) is 28.9 Å². The van der Waals surface area contributed by atoms with Crippen molar-refractivity contribution in [2.75, 3.05) is 11.9 Å². The molecule has 7 nitrogen and oxygen atoms in total. The van der Waals surface area contributed by atoms with Gasteiger partial charge in [-0.05, 0) is 30.2 Å². The summed E-state index contributed by atoms with van der Waals surface area (Å²) in [5, 5.41) is 7.01. The van der Waals surface area contributed by atoms with E-state index in [1.807, 2.05) is 50.7 Å². The Hall–Kier alpha value is -2.35. The second-order valence-electron chi connectivity index (χ2n) is 9.35. The molecule has 0 saturated heterocycles. The van der Waals surface area contributed by atoms with Crippen LogP contribution in [0, 0.1) is 5.41 Å². The van der Waals surface area contributed by atoms with E-state index in [1.165, 1.54) is 0 Å². The maximum Gasteiger partial charge on any atom is 0.315 e. The van der Waals surface area contributed by atoms with Crippen LogP contribution in [0.4, 0.5) is 5.69 Å². The average molecular weight is 448 g/mol. The predicted octanol–water partition coefficient (Wildman–Crippen LogP) is 4.78. The number of benzene rings is 1. The topological polar surface area (TPSA) is 94.3 Å². The Labute approximate surface area is 188 Å². The number of esters is 1. The largest absolute Gasteiger partial charge is 0.466 e. The molecule has 2 rings (SSSR count). The molecule has 0 radical (unpaired) electrons. The first-order chi connectivity index (χ1) is 14.4. The van der Waals surface area contributed by atoms with Gasteiger partial charge in [-0.15, -0.1) is 0 Å². The molecule has 0 atom stereocenters. The summed E-state index contributed by atoms with van der Waals surface area (Å²) in [4.78, 5) is 28.3. The highest BCUT2D eigenvalue weighted by molar-refractivity contribution is 7.99. The van der Waals surface area contributed by atoms with Gasteiger partial charge in [0.15, 0.2) is 5.82 Å². The van der Waals surface area contributed by atoms with Crippen molar-refractivity contribution in [1.82, 2.24) is 10.1 Å². The number of hydrogen-bond acceptors (Lipinski definition) is 7. The van der Waals surface area contributed by atoms with E-state index >= 15 is 0 Å². The minimum Gasteiger partial charge on any atom is -0.466 e. The molecule has 1 heterocycles. The highest BCUT2D eigenvalue weighted by Crippen LogP contribution is 2.31. The maximum atomic E-state index is 12.4. The highest BCUT2D eigenvalue weighted by atomic mass is 32.2. The van der Waals surface area contributed by atoms with Crippen molar-refractivity contribution < 1.29 is 18.8 Å². The van der Waals surface area contributed by atoms with Gasteiger partial charge in [-0.2, -0.15) is 16.7 Å². The number of ether oxygens (including phenoxy) is 1. The number of aromatic nitrogens is 2. The number of rotatable bonds is 8. The Morgan fingerprint density at radius 3 is 2.45 bits per heavy atom. The summed E-state index contributed by atoms with van der Waals surface area (Å²) < 4.78 is 10.2. The molecule has 1 N–H and O–H groups in total. The van der Waals surface area contributed by atoms with Crippen molar-refractivity contribution in [2.45, 2.75) is 71.8 Å². The Balaban J connectivity index is 2.21. The Bertz CT molecular complexity index is 910. The first-order valence-corrected chi connectivity index (χ1v) is 11.4. The van der Waals surface area contributed by atoms with E-state index in [0.29, 0.717) is 18.9 Å². The fourth-order valence-corrected chi connectivity index (χ4v) is 3.42. The number of nitrogens with zero attached hydrogens (tertiary/aromatic N) is 2. The quantitative estimate of drug-likeness (QED) is 0.582. The van der Waals surface area contributed by atoms with Crippen molar-refractivity contribution in [3.05, 3.63) is 41.0 Å². The van der Waals surface area contributed by atoms with Crippen LogP contribution in [0.5, 0.6) is 0 Å². The van der Waals surface area contributed by atoms with Crippen molar-refractivity contribution in [1.29, 1.82) is 0 Å². The number of nitrogens with one attached hydrogen (secondary N) is 1. The van der Waals surface area contributed by atoms with Gasteiger partial charge in [-0.3, -0.25) is 9.59 Å². The minimum absolute atomic E-state index is 0.0311. The molecule has 170 valence electrons. The zero-order valence-electron chi connectivity index (χ0n) is 19.5. The fraction of sp³-hybridized carbons (Fsp3) is 0.565. The Morgan fingerprint density at radius 1 is 1.13 bits per heavy atom. The predicted molar refractivity (Wildman–Crippen MR) is 123 cm³/mol. The normalized spacial score (nSPS) is 12.0. The van der Waals surface area contributed by atoms with E-state index in [0.717, 1.165) is 22.6 Å². The fourth-order valence-electron chi connectivity index (χ4n) is 2.56. The lowest BCUT2D eigenvalue weighted by Gasteiger charge is -2.21. The summed E-state index contributed by atoms with van der Waals surface area (Å²) in [6, 6.07) is 5.89. The molecule has 31 heavy (non-hydrogen) atoms. The van der Waals surface area contributed by atoms with Crippen LogP contribution >= 0.6 is 11.8 Å². The summed E-state index contributed by atoms with van der Waals surface area (Å²) in [7, 11) is 0. The van der Waals surface area contributed by atoms with Crippen LogP contribution in [0.25, 0.3) is 0 Å². The summed E-state index contributed by atoms with van der Waals surface area (Å²) in [5.74, 6) is 1.11. The number of carbonyl (C=O) groups is 2. The smallest absolute Gasteiger partial charge is 0.315 e. The van der Waals surface area contributed by atoms with E-state index in [4.69, 9.17) is 9.26 Å². The van der Waals surface area contributed by atoms with Gasteiger partial charge in [-0.1, -0.05) is 52.8 Å². The Morgan fingerprint density at radius 2 is 1.84 bits per heavy atom. The first-order valence-electron chi connectivity index (χ1n) is 10.4. The molecule has 1 aromatic heterocycles. The highest BCUT2D eigenvalue weighted by Gasteiger charge is 2.22. The second kappa shape index (κ2) is 10.3. The van der Waals surface area contributed by atoms with Crippen LogP contribution in [0.1, 0.15) is 71.3 Å². The van der Waals surface area contributed by atoms with Crippen LogP contribution in [0.15, 0.2) is 22.7 Å². The number of anilines is 1. The van der Waals surface area contributed by atoms with Gasteiger partial charge in [-0.25, -0.2) is 0 Å². The molecular weight excluding hydrogens is 414 g/mol. The molecule has 0 bridgehead atoms. The Kier molecular flexibility index (Phi) is 8.28. The zero-order chi connectivity index (χ0) is 23.2. The van der Waals surface area contributed by atoms with Crippen molar-refractivity contribution in [3.63, 3.8) is 0 Å². The molecule has 2 aromatic rings. The number of carbonyl (C=O) groups excluding carboxylic acids is 2. The third-order valence-corrected chi connectivity index (χ3v) is 5.59. The van der Waals surface area contributed by atoms with E-state index < -0.39 is 5.41 Å². The van der Waals surface area contributed by atoms with Crippen molar-refractivity contribution in [2.24, 2.45) is 5.41 Å². The molecule has 0 aliphatic rings. The summed E-state index contributed by atoms with van der Waals surface area (Å²) in [6.45, 7) is 14.2. The molecule has 8 heteroatoms. The monoisotopic (exact) mass is 447 g/mol. The zero-order valence-corrected chi connectivity index (χ0v) is 20.3. The standard InChI is InChI=1S/C23H33N3O4S/c1-8-29-20(27)13-19-25-18(26-30-19)12-15-9-10-17(24-21(28)22(2,3)4)11-16(15)14-31-23(5,6)7/h9-11H,8,12-14H2,1-7H3,(H,24,28). The van der Waals surface area contributed by atoms with Crippen LogP contribution in [0.3, 0.4) is 0 Å². The molecule has 0 fully saturated rings. The van der Waals surface area contributed by atoms with Crippen LogP contribution in [-0.2, 0) is 32.9 Å². The first kappa shape index (κ1) is 24.9. The summed E-state index contributed by atoms with van der Waals surface area (Å²) >= 11 is 1.83. The molecule has 0 unspecified atom stereocenters. The molecular formula is C23H33N3O4S. The van der Waals surface area contributed by atoms with Gasteiger partial charge in [0.25, 0.3) is 0 Å². The van der Waals surface area contributed by atoms with Crippen molar-refractivity contribution in [3.8, 4) is 0 Å². The number of amides is 1. The van der Waals surface area contributed by atoms with Gasteiger partial charge in [0.1, 0.15) is 6.42 Å². The van der Waals surface area contributed by atoms with E-state index in [9.17, 15) is 9.59 Å². The third kappa shape index (κ3) is 8.36. The van der Waals surface area contributed by atoms with E-state index in [2.05, 4.69) is 36.2 Å². The molecule has 1 aromatic carbocycles. The van der Waals surface area contributed by atoms with E-state index in [1.54, 1.807) is 6.92 Å². The lowest BCUT2D eigenvalue weighted by atomic mass is 9.95. The molecule has 1 amide bonds.